The molecular formula is C16H16ClN3O2S. The van der Waals surface area contributed by atoms with Crippen LogP contribution in [0.4, 0.5) is 10.5 Å². The van der Waals surface area contributed by atoms with E-state index in [-0.39, 0.29) is 17.1 Å². The maximum atomic E-state index is 11.8. The van der Waals surface area contributed by atoms with Gasteiger partial charge >= 0.3 is 0 Å². The molecule has 2 aliphatic heterocycles. The maximum Gasteiger partial charge on any atom is 0.290 e. The van der Waals surface area contributed by atoms with E-state index in [1.807, 2.05) is 25.1 Å². The van der Waals surface area contributed by atoms with Crippen molar-refractivity contribution in [2.75, 3.05) is 18.0 Å². The largest absolute Gasteiger partial charge is 0.369 e. The average molecular weight is 350 g/mol. The Hall–Kier alpha value is -1.79. The molecule has 1 aromatic carbocycles. The number of anilines is 1. The number of halogens is 1. The van der Waals surface area contributed by atoms with Gasteiger partial charge in [-0.25, -0.2) is 0 Å². The summed E-state index contributed by atoms with van der Waals surface area (Å²) in [5.41, 5.74) is 2.35. The zero-order valence-electron chi connectivity index (χ0n) is 12.6. The molecule has 2 fully saturated rings. The van der Waals surface area contributed by atoms with Gasteiger partial charge in [-0.1, -0.05) is 23.7 Å². The first kappa shape index (κ1) is 16.1. The summed E-state index contributed by atoms with van der Waals surface area (Å²) in [5, 5.41) is 10.3. The smallest absolute Gasteiger partial charge is 0.290 e. The monoisotopic (exact) mass is 349 g/mol. The number of hydrogen-bond acceptors (Lipinski definition) is 5. The summed E-state index contributed by atoms with van der Waals surface area (Å²) in [7, 11) is 0. The molecule has 1 aromatic rings. The van der Waals surface area contributed by atoms with Gasteiger partial charge in [-0.3, -0.25) is 14.9 Å². The summed E-state index contributed by atoms with van der Waals surface area (Å²) in [5.74, 6) is -0.141. The van der Waals surface area contributed by atoms with Crippen LogP contribution in [0.15, 0.2) is 23.1 Å². The SMILES string of the molecule is CC(=N)C1CCN(c2c(Cl)cccc2C=C2SC(=O)NC2=O)C1. The van der Waals surface area contributed by atoms with Gasteiger partial charge in [0.1, 0.15) is 0 Å². The van der Waals surface area contributed by atoms with Crippen molar-refractivity contribution in [3.8, 4) is 0 Å². The molecule has 1 unspecified atom stereocenters. The normalized spacial score (nSPS) is 22.8. The number of nitrogens with zero attached hydrogens (tertiary/aromatic N) is 1. The van der Waals surface area contributed by atoms with Crippen LogP contribution in [-0.4, -0.2) is 29.9 Å². The van der Waals surface area contributed by atoms with E-state index in [1.54, 1.807) is 6.08 Å². The Morgan fingerprint density at radius 2 is 2.26 bits per heavy atom. The lowest BCUT2D eigenvalue weighted by Crippen LogP contribution is -2.22. The third-order valence-electron chi connectivity index (χ3n) is 4.06. The van der Waals surface area contributed by atoms with Crippen molar-refractivity contribution in [3.63, 3.8) is 0 Å². The van der Waals surface area contributed by atoms with Crippen LogP contribution in [0.3, 0.4) is 0 Å². The maximum absolute atomic E-state index is 11.8. The molecule has 7 heteroatoms. The van der Waals surface area contributed by atoms with Crippen molar-refractivity contribution in [1.29, 1.82) is 5.41 Å². The van der Waals surface area contributed by atoms with E-state index in [0.29, 0.717) is 15.6 Å². The highest BCUT2D eigenvalue weighted by molar-refractivity contribution is 8.18. The molecular weight excluding hydrogens is 334 g/mol. The number of hydrogen-bond donors (Lipinski definition) is 2. The zero-order chi connectivity index (χ0) is 16.6. The third kappa shape index (κ3) is 3.28. The summed E-state index contributed by atoms with van der Waals surface area (Å²) in [6.07, 6.45) is 2.63. The summed E-state index contributed by atoms with van der Waals surface area (Å²) in [6, 6.07) is 5.53. The highest BCUT2D eigenvalue weighted by Gasteiger charge is 2.28. The van der Waals surface area contributed by atoms with Crippen LogP contribution in [0.2, 0.25) is 5.02 Å². The molecule has 2 aliphatic rings. The van der Waals surface area contributed by atoms with Crippen molar-refractivity contribution >= 4 is 52.0 Å². The molecule has 2 saturated heterocycles. The summed E-state index contributed by atoms with van der Waals surface area (Å²) >= 11 is 7.29. The van der Waals surface area contributed by atoms with Gasteiger partial charge < -0.3 is 10.3 Å². The number of carbonyl (C=O) groups is 2. The van der Waals surface area contributed by atoms with Gasteiger partial charge in [-0.05, 0) is 37.2 Å². The highest BCUT2D eigenvalue weighted by atomic mass is 35.5. The lowest BCUT2D eigenvalue weighted by atomic mass is 10.0. The first-order chi connectivity index (χ1) is 11.0. The van der Waals surface area contributed by atoms with Crippen LogP contribution in [0.5, 0.6) is 0 Å². The van der Waals surface area contributed by atoms with Crippen molar-refractivity contribution in [2.45, 2.75) is 13.3 Å². The molecule has 2 heterocycles. The first-order valence-electron chi connectivity index (χ1n) is 7.29. The minimum atomic E-state index is -0.374. The van der Waals surface area contributed by atoms with Crippen LogP contribution in [0, 0.1) is 11.3 Å². The average Bonchev–Trinajstić information content (AvgIpc) is 3.07. The van der Waals surface area contributed by atoms with E-state index < -0.39 is 0 Å². The molecule has 5 nitrogen and oxygen atoms in total. The predicted octanol–water partition coefficient (Wildman–Crippen LogP) is 3.53. The molecule has 23 heavy (non-hydrogen) atoms. The van der Waals surface area contributed by atoms with E-state index in [9.17, 15) is 9.59 Å². The van der Waals surface area contributed by atoms with Gasteiger partial charge in [0.2, 0.25) is 0 Å². The van der Waals surface area contributed by atoms with Gasteiger partial charge in [0, 0.05) is 30.3 Å². The molecule has 120 valence electrons. The van der Waals surface area contributed by atoms with Gasteiger partial charge in [-0.2, -0.15) is 0 Å². The number of benzene rings is 1. The number of thioether (sulfide) groups is 1. The van der Waals surface area contributed by atoms with Gasteiger partial charge in [0.25, 0.3) is 11.1 Å². The van der Waals surface area contributed by atoms with Crippen molar-refractivity contribution < 1.29 is 9.59 Å². The van der Waals surface area contributed by atoms with E-state index in [0.717, 1.165) is 42.5 Å². The molecule has 3 rings (SSSR count). The van der Waals surface area contributed by atoms with Gasteiger partial charge in [-0.15, -0.1) is 0 Å². The summed E-state index contributed by atoms with van der Waals surface area (Å²) in [4.78, 5) is 25.6. The second-order valence-corrected chi connectivity index (χ2v) is 7.07. The van der Waals surface area contributed by atoms with E-state index in [1.165, 1.54) is 0 Å². The van der Waals surface area contributed by atoms with Crippen LogP contribution < -0.4 is 10.2 Å². The molecule has 1 atom stereocenters. The standard InChI is InChI=1S/C16H16ClN3O2S/c1-9(18)11-5-6-20(8-11)14-10(3-2-4-12(14)17)7-13-15(21)19-16(22)23-13/h2-4,7,11,18H,5-6,8H2,1H3,(H,19,21,22). The molecule has 0 radical (unpaired) electrons. The molecule has 2 amide bonds. The number of imide groups is 1. The molecule has 2 N–H and O–H groups in total. The quantitative estimate of drug-likeness (QED) is 0.646. The minimum Gasteiger partial charge on any atom is -0.369 e. The van der Waals surface area contributed by atoms with Crippen molar-refractivity contribution in [1.82, 2.24) is 5.32 Å². The topological polar surface area (TPSA) is 73.3 Å². The van der Waals surface area contributed by atoms with E-state index in [4.69, 9.17) is 17.0 Å². The number of rotatable bonds is 3. The second-order valence-electron chi connectivity index (χ2n) is 5.64. The molecule has 0 spiro atoms. The van der Waals surface area contributed by atoms with Gasteiger partial charge in [0.15, 0.2) is 0 Å². The summed E-state index contributed by atoms with van der Waals surface area (Å²) < 4.78 is 0. The second kappa shape index (κ2) is 6.37. The third-order valence-corrected chi connectivity index (χ3v) is 5.18. The number of carbonyl (C=O) groups excluding carboxylic acids is 2. The Morgan fingerprint density at radius 3 is 2.87 bits per heavy atom. The van der Waals surface area contributed by atoms with Crippen molar-refractivity contribution in [3.05, 3.63) is 33.7 Å². The fraction of sp³-hybridized carbons (Fsp3) is 0.312. The Labute approximate surface area is 143 Å². The van der Waals surface area contributed by atoms with Crippen LogP contribution in [-0.2, 0) is 4.79 Å². The molecule has 0 aromatic heterocycles. The van der Waals surface area contributed by atoms with Gasteiger partial charge in [0.05, 0.1) is 15.6 Å². The molecule has 0 bridgehead atoms. The fourth-order valence-electron chi connectivity index (χ4n) is 2.86. The zero-order valence-corrected chi connectivity index (χ0v) is 14.1. The van der Waals surface area contributed by atoms with E-state index >= 15 is 0 Å². The minimum absolute atomic E-state index is 0.234. The van der Waals surface area contributed by atoms with Crippen LogP contribution in [0.25, 0.3) is 6.08 Å². The molecule has 0 aliphatic carbocycles. The predicted molar refractivity (Wildman–Crippen MR) is 94.3 cm³/mol. The number of amides is 2. The van der Waals surface area contributed by atoms with E-state index in [2.05, 4.69) is 10.2 Å². The summed E-state index contributed by atoms with van der Waals surface area (Å²) in [6.45, 7) is 3.39. The Morgan fingerprint density at radius 1 is 1.48 bits per heavy atom. The fourth-order valence-corrected chi connectivity index (χ4v) is 3.84. The van der Waals surface area contributed by atoms with Crippen LogP contribution in [0.1, 0.15) is 18.9 Å². The lowest BCUT2D eigenvalue weighted by Gasteiger charge is -2.22. The van der Waals surface area contributed by atoms with Crippen molar-refractivity contribution in [2.24, 2.45) is 5.92 Å². The number of para-hydroxylation sites is 1. The highest BCUT2D eigenvalue weighted by Crippen LogP contribution is 2.36. The Bertz CT molecular complexity index is 732. The Kier molecular flexibility index (Phi) is 4.46. The Balaban J connectivity index is 1.95. The van der Waals surface area contributed by atoms with Crippen LogP contribution >= 0.6 is 23.4 Å². The number of nitrogens with one attached hydrogen (secondary N) is 2. The lowest BCUT2D eigenvalue weighted by molar-refractivity contribution is -0.115. The molecule has 0 saturated carbocycles. The first-order valence-corrected chi connectivity index (χ1v) is 8.48.